The minimum absolute atomic E-state index is 0.0318. The number of carbonyl (C=O) groups is 1. The van der Waals surface area contributed by atoms with Gasteiger partial charge in [0.1, 0.15) is 23.1 Å². The fraction of sp³-hybridized carbons (Fsp3) is 0.0400. The number of allylic oxidation sites excluding steroid dienone is 1. The van der Waals surface area contributed by atoms with Crippen molar-refractivity contribution in [3.05, 3.63) is 110 Å². The number of nitriles is 1. The molecule has 1 aliphatic rings. The van der Waals surface area contributed by atoms with Crippen LogP contribution in [-0.2, 0) is 4.79 Å². The largest absolute Gasteiger partial charge is 0.440 e. The summed E-state index contributed by atoms with van der Waals surface area (Å²) < 4.78 is 11.1. The van der Waals surface area contributed by atoms with Gasteiger partial charge in [-0.05, 0) is 41.5 Å². The van der Waals surface area contributed by atoms with Gasteiger partial charge in [-0.3, -0.25) is 0 Å². The molecule has 0 aromatic heterocycles. The summed E-state index contributed by atoms with van der Waals surface area (Å²) >= 11 is 18.4. The molecule has 1 unspecified atom stereocenters. The average Bonchev–Trinajstić information content (AvgIpc) is 2.78. The Hall–Kier alpha value is -3.43. The molecule has 33 heavy (non-hydrogen) atoms. The number of halogens is 3. The highest BCUT2D eigenvalue weighted by Crippen LogP contribution is 2.45. The van der Waals surface area contributed by atoms with Gasteiger partial charge in [-0.2, -0.15) is 5.26 Å². The highest BCUT2D eigenvalue weighted by molar-refractivity contribution is 6.35. The van der Waals surface area contributed by atoms with Crippen molar-refractivity contribution in [1.29, 1.82) is 5.26 Å². The molecule has 1 atom stereocenters. The molecule has 1 heterocycles. The zero-order valence-electron chi connectivity index (χ0n) is 16.9. The predicted molar refractivity (Wildman–Crippen MR) is 128 cm³/mol. The number of carbonyl (C=O) groups excluding carboxylic acids is 1. The van der Waals surface area contributed by atoms with Gasteiger partial charge in [0.15, 0.2) is 0 Å². The van der Waals surface area contributed by atoms with Crippen LogP contribution in [0.15, 0.2) is 78.2 Å². The molecule has 3 aromatic rings. The van der Waals surface area contributed by atoms with E-state index in [2.05, 4.69) is 6.07 Å². The molecule has 0 radical (unpaired) electrons. The molecule has 0 saturated heterocycles. The van der Waals surface area contributed by atoms with Crippen molar-refractivity contribution in [2.45, 2.75) is 5.92 Å². The van der Waals surface area contributed by atoms with Gasteiger partial charge in [-0.25, -0.2) is 4.79 Å². The van der Waals surface area contributed by atoms with Crippen LogP contribution >= 0.6 is 34.8 Å². The molecule has 4 rings (SSSR count). The van der Waals surface area contributed by atoms with Crippen LogP contribution in [0.1, 0.15) is 22.6 Å². The highest BCUT2D eigenvalue weighted by atomic mass is 35.5. The van der Waals surface area contributed by atoms with Crippen LogP contribution in [-0.4, -0.2) is 5.97 Å². The van der Waals surface area contributed by atoms with Crippen LogP contribution in [0.4, 0.5) is 0 Å². The Balaban J connectivity index is 1.61. The van der Waals surface area contributed by atoms with Gasteiger partial charge in [0.25, 0.3) is 0 Å². The number of rotatable bonds is 4. The Kier molecular flexibility index (Phi) is 6.62. The third-order valence-corrected chi connectivity index (χ3v) is 5.89. The third kappa shape index (κ3) is 4.84. The number of benzene rings is 3. The molecule has 0 saturated carbocycles. The van der Waals surface area contributed by atoms with Gasteiger partial charge < -0.3 is 15.2 Å². The Morgan fingerprint density at radius 3 is 2.55 bits per heavy atom. The molecule has 0 aliphatic carbocycles. The number of nitrogens with two attached hydrogens (primary N) is 1. The van der Waals surface area contributed by atoms with E-state index in [1.165, 1.54) is 12.2 Å². The van der Waals surface area contributed by atoms with E-state index in [9.17, 15) is 10.1 Å². The summed E-state index contributed by atoms with van der Waals surface area (Å²) in [6.45, 7) is 0. The molecular weight excluding hydrogens is 483 g/mol. The molecule has 164 valence electrons. The van der Waals surface area contributed by atoms with E-state index < -0.39 is 11.9 Å². The van der Waals surface area contributed by atoms with E-state index >= 15 is 0 Å². The maximum Gasteiger partial charge on any atom is 0.336 e. The van der Waals surface area contributed by atoms with Gasteiger partial charge in [0.2, 0.25) is 5.88 Å². The monoisotopic (exact) mass is 496 g/mol. The first kappa shape index (κ1) is 22.8. The van der Waals surface area contributed by atoms with Crippen LogP contribution in [0.3, 0.4) is 0 Å². The molecule has 1 aliphatic heterocycles. The number of ether oxygens (including phenoxy) is 2. The molecule has 5 nitrogen and oxygen atoms in total. The second-order valence-corrected chi connectivity index (χ2v) is 8.32. The topological polar surface area (TPSA) is 85.3 Å². The fourth-order valence-corrected chi connectivity index (χ4v) is 4.19. The summed E-state index contributed by atoms with van der Waals surface area (Å²) in [6.07, 6.45) is 2.78. The van der Waals surface area contributed by atoms with Crippen molar-refractivity contribution in [3.63, 3.8) is 0 Å². The Morgan fingerprint density at radius 1 is 1.03 bits per heavy atom. The maximum absolute atomic E-state index is 12.3. The van der Waals surface area contributed by atoms with Crippen molar-refractivity contribution in [2.24, 2.45) is 5.73 Å². The Bertz CT molecular complexity index is 1360. The number of fused-ring (bicyclic) bond motifs is 1. The minimum atomic E-state index is -0.611. The first-order chi connectivity index (χ1) is 15.9. The molecular formula is C25H15Cl3N2O3. The van der Waals surface area contributed by atoms with E-state index in [-0.39, 0.29) is 17.2 Å². The minimum Gasteiger partial charge on any atom is -0.440 e. The Morgan fingerprint density at radius 2 is 1.82 bits per heavy atom. The van der Waals surface area contributed by atoms with Gasteiger partial charge >= 0.3 is 5.97 Å². The van der Waals surface area contributed by atoms with Crippen molar-refractivity contribution >= 4 is 46.8 Å². The smallest absolute Gasteiger partial charge is 0.336 e. The summed E-state index contributed by atoms with van der Waals surface area (Å²) in [5, 5.41) is 11.1. The standard InChI is InChI=1S/C25H15Cl3N2O3/c26-15-7-5-14(21(28)11-15)6-10-23(31)32-16-8-9-18-22(12-16)33-25(30)19(13-29)24(18)17-3-1-2-4-20(17)27/h1-12,24H,30H2/b10-6+. The molecule has 0 bridgehead atoms. The molecule has 0 fully saturated rings. The van der Waals surface area contributed by atoms with Crippen LogP contribution in [0, 0.1) is 11.3 Å². The summed E-state index contributed by atoms with van der Waals surface area (Å²) in [4.78, 5) is 12.3. The normalized spacial score (nSPS) is 15.0. The van der Waals surface area contributed by atoms with E-state index in [1.807, 2.05) is 12.1 Å². The molecule has 0 spiro atoms. The summed E-state index contributed by atoms with van der Waals surface area (Å²) in [5.74, 6) is -0.538. The quantitative estimate of drug-likeness (QED) is 0.253. The van der Waals surface area contributed by atoms with Crippen molar-refractivity contribution < 1.29 is 14.3 Å². The van der Waals surface area contributed by atoms with Gasteiger partial charge in [0.05, 0.1) is 5.92 Å². The van der Waals surface area contributed by atoms with Crippen molar-refractivity contribution in [1.82, 2.24) is 0 Å². The molecule has 0 amide bonds. The Labute approximate surface area is 205 Å². The van der Waals surface area contributed by atoms with Crippen molar-refractivity contribution in [3.8, 4) is 17.6 Å². The number of hydrogen-bond acceptors (Lipinski definition) is 5. The fourth-order valence-electron chi connectivity index (χ4n) is 3.47. The third-order valence-electron chi connectivity index (χ3n) is 4.99. The van der Waals surface area contributed by atoms with E-state index in [0.717, 1.165) is 5.56 Å². The first-order valence-electron chi connectivity index (χ1n) is 9.68. The van der Waals surface area contributed by atoms with Crippen LogP contribution in [0.25, 0.3) is 6.08 Å². The highest BCUT2D eigenvalue weighted by Gasteiger charge is 2.32. The lowest BCUT2D eigenvalue weighted by atomic mass is 9.83. The lowest BCUT2D eigenvalue weighted by molar-refractivity contribution is -0.128. The zero-order valence-corrected chi connectivity index (χ0v) is 19.2. The molecule has 8 heteroatoms. The molecule has 2 N–H and O–H groups in total. The zero-order chi connectivity index (χ0) is 23.5. The van der Waals surface area contributed by atoms with Crippen LogP contribution in [0.2, 0.25) is 15.1 Å². The van der Waals surface area contributed by atoms with Crippen LogP contribution < -0.4 is 15.2 Å². The lowest BCUT2D eigenvalue weighted by Crippen LogP contribution is -2.21. The lowest BCUT2D eigenvalue weighted by Gasteiger charge is -2.27. The SMILES string of the molecule is N#CC1=C(N)Oc2cc(OC(=O)/C=C/c3ccc(Cl)cc3Cl)ccc2C1c1ccccc1Cl. The maximum atomic E-state index is 12.3. The van der Waals surface area contributed by atoms with Crippen LogP contribution in [0.5, 0.6) is 11.5 Å². The van der Waals surface area contributed by atoms with E-state index in [1.54, 1.807) is 48.5 Å². The summed E-state index contributed by atoms with van der Waals surface area (Å²) in [6, 6.07) is 19.1. The first-order valence-corrected chi connectivity index (χ1v) is 10.8. The van der Waals surface area contributed by atoms with E-state index in [4.69, 9.17) is 50.0 Å². The second kappa shape index (κ2) is 9.60. The number of hydrogen-bond donors (Lipinski definition) is 1. The van der Waals surface area contributed by atoms with Gasteiger partial charge in [-0.1, -0.05) is 65.1 Å². The number of esters is 1. The average molecular weight is 498 g/mol. The second-order valence-electron chi connectivity index (χ2n) is 7.07. The summed E-state index contributed by atoms with van der Waals surface area (Å²) in [7, 11) is 0. The van der Waals surface area contributed by atoms with Crippen molar-refractivity contribution in [2.75, 3.05) is 0 Å². The van der Waals surface area contributed by atoms with Gasteiger partial charge in [0, 0.05) is 32.8 Å². The number of nitrogens with zero attached hydrogens (tertiary/aromatic N) is 1. The van der Waals surface area contributed by atoms with Gasteiger partial charge in [-0.15, -0.1) is 0 Å². The van der Waals surface area contributed by atoms with E-state index in [0.29, 0.717) is 31.9 Å². The predicted octanol–water partition coefficient (Wildman–Crippen LogP) is 6.48. The molecule has 3 aromatic carbocycles. The summed E-state index contributed by atoms with van der Waals surface area (Å²) in [5.41, 5.74) is 8.29.